The molecule has 1 saturated heterocycles. The Labute approximate surface area is 131 Å². The number of piperazine rings is 1. The number of fused-ring (bicyclic) bond motifs is 1. The molecule has 21 heavy (non-hydrogen) atoms. The first-order valence-electron chi connectivity index (χ1n) is 7.43. The summed E-state index contributed by atoms with van der Waals surface area (Å²) in [7, 11) is 2.20. The lowest BCUT2D eigenvalue weighted by Crippen LogP contribution is -2.46. The first-order chi connectivity index (χ1) is 10.2. The molecule has 1 unspecified atom stereocenters. The smallest absolute Gasteiger partial charge is 0.0624 e. The summed E-state index contributed by atoms with van der Waals surface area (Å²) in [6, 6.07) is 9.05. The number of rotatable bonds is 3. The molecule has 110 valence electrons. The molecule has 0 spiro atoms. The number of nitrogens with zero attached hydrogens (tertiary/aromatic N) is 2. The summed E-state index contributed by atoms with van der Waals surface area (Å²) in [5.74, 6) is 0. The summed E-state index contributed by atoms with van der Waals surface area (Å²) in [6.07, 6.45) is 3.99. The van der Waals surface area contributed by atoms with Crippen molar-refractivity contribution in [1.29, 1.82) is 0 Å². The van der Waals surface area contributed by atoms with Gasteiger partial charge in [0.1, 0.15) is 0 Å². The number of benzene rings is 1. The number of likely N-dealkylation sites (N-methyl/N-ethyl adjacent to an activating group) is 1. The molecule has 2 aliphatic heterocycles. The van der Waals surface area contributed by atoms with E-state index < -0.39 is 0 Å². The Bertz CT molecular complexity index is 583. The Morgan fingerprint density at radius 3 is 2.48 bits per heavy atom. The molecule has 1 atom stereocenters. The minimum absolute atomic E-state index is 0.321. The molecule has 0 aliphatic carbocycles. The highest BCUT2D eigenvalue weighted by Crippen LogP contribution is 2.46. The van der Waals surface area contributed by atoms with Crippen LogP contribution in [0.25, 0.3) is 0 Å². The highest BCUT2D eigenvalue weighted by atomic mass is 32.2. The molecule has 2 nitrogen and oxygen atoms in total. The quantitative estimate of drug-likeness (QED) is 0.840. The fourth-order valence-corrected chi connectivity index (χ4v) is 4.20. The molecule has 0 saturated carbocycles. The van der Waals surface area contributed by atoms with Crippen molar-refractivity contribution in [2.24, 2.45) is 0 Å². The van der Waals surface area contributed by atoms with Crippen LogP contribution in [0.2, 0.25) is 0 Å². The van der Waals surface area contributed by atoms with Crippen molar-refractivity contribution < 1.29 is 0 Å². The van der Waals surface area contributed by atoms with Crippen molar-refractivity contribution in [3.63, 3.8) is 0 Å². The normalized spacial score (nSPS) is 23.8. The van der Waals surface area contributed by atoms with E-state index in [9.17, 15) is 0 Å². The summed E-state index contributed by atoms with van der Waals surface area (Å²) in [6.45, 7) is 12.5. The molecule has 0 radical (unpaired) electrons. The third kappa shape index (κ3) is 2.73. The van der Waals surface area contributed by atoms with E-state index in [0.717, 1.165) is 26.2 Å². The number of allylic oxidation sites excluding steroid dienone is 1. The summed E-state index contributed by atoms with van der Waals surface area (Å²) in [5, 5.41) is 0. The van der Waals surface area contributed by atoms with Crippen molar-refractivity contribution in [3.8, 4) is 0 Å². The standard InChI is InChI=1S/C18H22N2S/c1-4-14-16(5-2)21-17-9-7-6-8-15(17)18(14)20-12-10-19(3)11-13-20/h4-9,18H,1-2,10-13H2,3H3. The van der Waals surface area contributed by atoms with Crippen molar-refractivity contribution >= 4 is 11.8 Å². The third-order valence-corrected chi connectivity index (χ3v) is 5.53. The van der Waals surface area contributed by atoms with Gasteiger partial charge in [-0.3, -0.25) is 4.90 Å². The van der Waals surface area contributed by atoms with Gasteiger partial charge in [0.05, 0.1) is 6.04 Å². The largest absolute Gasteiger partial charge is 0.304 e. The zero-order valence-corrected chi connectivity index (χ0v) is 13.4. The zero-order valence-electron chi connectivity index (χ0n) is 12.6. The zero-order chi connectivity index (χ0) is 14.8. The van der Waals surface area contributed by atoms with E-state index in [1.807, 2.05) is 23.9 Å². The average Bonchev–Trinajstić information content (AvgIpc) is 2.53. The van der Waals surface area contributed by atoms with Gasteiger partial charge < -0.3 is 4.90 Å². The van der Waals surface area contributed by atoms with Crippen LogP contribution in [0, 0.1) is 0 Å². The van der Waals surface area contributed by atoms with Crippen molar-refractivity contribution in [1.82, 2.24) is 9.80 Å². The topological polar surface area (TPSA) is 6.48 Å². The van der Waals surface area contributed by atoms with Gasteiger partial charge in [-0.15, -0.1) is 0 Å². The highest BCUT2D eigenvalue weighted by molar-refractivity contribution is 8.03. The van der Waals surface area contributed by atoms with E-state index >= 15 is 0 Å². The summed E-state index contributed by atoms with van der Waals surface area (Å²) in [5.41, 5.74) is 2.71. The van der Waals surface area contributed by atoms with Crippen LogP contribution < -0.4 is 0 Å². The molecule has 1 fully saturated rings. The van der Waals surface area contributed by atoms with Crippen LogP contribution in [-0.2, 0) is 0 Å². The molecule has 3 heteroatoms. The summed E-state index contributed by atoms with van der Waals surface area (Å²) >= 11 is 1.81. The van der Waals surface area contributed by atoms with Gasteiger partial charge in [0.25, 0.3) is 0 Å². The first kappa shape index (κ1) is 14.6. The van der Waals surface area contributed by atoms with Crippen LogP contribution >= 0.6 is 11.8 Å². The van der Waals surface area contributed by atoms with Gasteiger partial charge in [0, 0.05) is 36.0 Å². The monoisotopic (exact) mass is 298 g/mol. The SMILES string of the molecule is C=CC1=C(C=C)C(N2CCN(C)CC2)c2ccccc2S1. The molecule has 2 heterocycles. The van der Waals surface area contributed by atoms with Gasteiger partial charge in [-0.05, 0) is 24.3 Å². The predicted octanol–water partition coefficient (Wildman–Crippen LogP) is 3.71. The molecule has 0 bridgehead atoms. The summed E-state index contributed by atoms with van der Waals surface area (Å²) in [4.78, 5) is 7.57. The second kappa shape index (κ2) is 6.22. The second-order valence-corrected chi connectivity index (χ2v) is 6.69. The third-order valence-electron chi connectivity index (χ3n) is 4.32. The molecular formula is C18H22N2S. The van der Waals surface area contributed by atoms with Crippen molar-refractivity contribution in [2.75, 3.05) is 33.2 Å². The van der Waals surface area contributed by atoms with Crippen LogP contribution in [0.5, 0.6) is 0 Å². The van der Waals surface area contributed by atoms with E-state index in [1.165, 1.54) is 20.9 Å². The van der Waals surface area contributed by atoms with E-state index in [2.05, 4.69) is 54.3 Å². The van der Waals surface area contributed by atoms with Gasteiger partial charge in [-0.2, -0.15) is 0 Å². The number of hydrogen-bond donors (Lipinski definition) is 0. The van der Waals surface area contributed by atoms with Crippen LogP contribution in [-0.4, -0.2) is 43.0 Å². The lowest BCUT2D eigenvalue weighted by molar-refractivity contribution is 0.125. The fourth-order valence-electron chi connectivity index (χ4n) is 3.12. The molecule has 0 N–H and O–H groups in total. The maximum Gasteiger partial charge on any atom is 0.0624 e. The van der Waals surface area contributed by atoms with Crippen LogP contribution in [0.1, 0.15) is 11.6 Å². The van der Waals surface area contributed by atoms with Crippen molar-refractivity contribution in [3.05, 3.63) is 65.6 Å². The molecule has 1 aromatic rings. The molecule has 0 amide bonds. The van der Waals surface area contributed by atoms with E-state index in [0.29, 0.717) is 6.04 Å². The van der Waals surface area contributed by atoms with Gasteiger partial charge in [-0.25, -0.2) is 0 Å². The second-order valence-electron chi connectivity index (χ2n) is 5.61. The molecule has 1 aromatic carbocycles. The molecule has 3 rings (SSSR count). The molecular weight excluding hydrogens is 276 g/mol. The Hall–Kier alpha value is -1.29. The lowest BCUT2D eigenvalue weighted by atomic mass is 9.95. The first-order valence-corrected chi connectivity index (χ1v) is 8.24. The fraction of sp³-hybridized carbons (Fsp3) is 0.333. The van der Waals surface area contributed by atoms with Crippen LogP contribution in [0.4, 0.5) is 0 Å². The Morgan fingerprint density at radius 1 is 1.10 bits per heavy atom. The Balaban J connectivity index is 2.03. The minimum atomic E-state index is 0.321. The van der Waals surface area contributed by atoms with Crippen LogP contribution in [0.15, 0.2) is 64.9 Å². The van der Waals surface area contributed by atoms with E-state index in [-0.39, 0.29) is 0 Å². The maximum atomic E-state index is 4.06. The average molecular weight is 298 g/mol. The van der Waals surface area contributed by atoms with Gasteiger partial charge in [0.2, 0.25) is 0 Å². The molecule has 2 aliphatic rings. The lowest BCUT2D eigenvalue weighted by Gasteiger charge is -2.41. The number of hydrogen-bond acceptors (Lipinski definition) is 3. The van der Waals surface area contributed by atoms with Gasteiger partial charge in [-0.1, -0.05) is 55.3 Å². The van der Waals surface area contributed by atoms with Gasteiger partial charge >= 0.3 is 0 Å². The Morgan fingerprint density at radius 2 is 1.81 bits per heavy atom. The highest BCUT2D eigenvalue weighted by Gasteiger charge is 2.31. The summed E-state index contributed by atoms with van der Waals surface area (Å²) < 4.78 is 0. The predicted molar refractivity (Wildman–Crippen MR) is 91.5 cm³/mol. The van der Waals surface area contributed by atoms with E-state index in [4.69, 9.17) is 0 Å². The molecule has 0 aromatic heterocycles. The minimum Gasteiger partial charge on any atom is -0.304 e. The Kier molecular flexibility index (Phi) is 4.34. The van der Waals surface area contributed by atoms with Crippen molar-refractivity contribution in [2.45, 2.75) is 10.9 Å². The van der Waals surface area contributed by atoms with E-state index in [1.54, 1.807) is 0 Å². The van der Waals surface area contributed by atoms with Gasteiger partial charge in [0.15, 0.2) is 0 Å². The maximum absolute atomic E-state index is 4.06. The number of thioether (sulfide) groups is 1. The van der Waals surface area contributed by atoms with Crippen LogP contribution in [0.3, 0.4) is 0 Å².